The van der Waals surface area contributed by atoms with Gasteiger partial charge < -0.3 is 4.43 Å². The lowest BCUT2D eigenvalue weighted by Crippen LogP contribution is -2.58. The molecule has 4 heteroatoms. The first-order valence-corrected chi connectivity index (χ1v) is 13.3. The third-order valence-corrected chi connectivity index (χ3v) is 10.8. The fourth-order valence-corrected chi connectivity index (χ4v) is 4.77. The highest BCUT2D eigenvalue weighted by molar-refractivity contribution is 6.74. The summed E-state index contributed by atoms with van der Waals surface area (Å²) < 4.78 is 6.40. The number of rotatable bonds is 5. The van der Waals surface area contributed by atoms with Crippen molar-refractivity contribution in [1.29, 1.82) is 0 Å². The van der Waals surface area contributed by atoms with E-state index in [-0.39, 0.29) is 22.2 Å². The molecule has 0 aromatic heterocycles. The van der Waals surface area contributed by atoms with Crippen LogP contribution in [0.3, 0.4) is 0 Å². The van der Waals surface area contributed by atoms with Crippen molar-refractivity contribution in [3.05, 3.63) is 29.8 Å². The lowest BCUT2D eigenvalue weighted by atomic mass is 9.82. The first-order chi connectivity index (χ1) is 12.2. The van der Waals surface area contributed by atoms with Crippen LogP contribution in [-0.4, -0.2) is 24.5 Å². The molecule has 1 heterocycles. The Bertz CT molecular complexity index is 613. The molecule has 2 rings (SSSR count). The minimum absolute atomic E-state index is 0.0172. The van der Waals surface area contributed by atoms with E-state index in [9.17, 15) is 0 Å². The number of benzene rings is 1. The van der Waals surface area contributed by atoms with Gasteiger partial charge in [-0.25, -0.2) is 0 Å². The van der Waals surface area contributed by atoms with Gasteiger partial charge >= 0.3 is 0 Å². The van der Waals surface area contributed by atoms with E-state index >= 15 is 0 Å². The molecule has 1 fully saturated rings. The average Bonchev–Trinajstić information content (AvgIpc) is 2.49. The normalized spacial score (nSPS) is 21.7. The van der Waals surface area contributed by atoms with Gasteiger partial charge in [-0.1, -0.05) is 32.9 Å². The molecular formula is C23H41NO2Si. The molecule has 0 amide bonds. The van der Waals surface area contributed by atoms with Crippen LogP contribution < -0.4 is 4.43 Å². The van der Waals surface area contributed by atoms with Crippen LogP contribution in [0.15, 0.2) is 24.3 Å². The Morgan fingerprint density at radius 1 is 0.963 bits per heavy atom. The number of hydroxylamine groups is 2. The molecule has 1 aliphatic rings. The maximum atomic E-state index is 6.50. The molecule has 0 N–H and O–H groups in total. The van der Waals surface area contributed by atoms with Gasteiger partial charge in [0.2, 0.25) is 8.32 Å². The summed E-state index contributed by atoms with van der Waals surface area (Å²) >= 11 is 0. The Labute approximate surface area is 168 Å². The van der Waals surface area contributed by atoms with E-state index in [0.717, 1.165) is 5.75 Å². The smallest absolute Gasteiger partial charge is 0.250 e. The highest BCUT2D eigenvalue weighted by atomic mass is 28.4. The molecule has 0 radical (unpaired) electrons. The zero-order valence-electron chi connectivity index (χ0n) is 19.3. The minimum Gasteiger partial charge on any atom is -0.544 e. The van der Waals surface area contributed by atoms with Gasteiger partial charge in [0, 0.05) is 11.1 Å². The average molecular weight is 392 g/mol. The van der Waals surface area contributed by atoms with Gasteiger partial charge in [-0.3, -0.25) is 4.84 Å². The predicted octanol–water partition coefficient (Wildman–Crippen LogP) is 7.11. The summed E-state index contributed by atoms with van der Waals surface area (Å²) in [4.78, 5) is 6.50. The Hall–Kier alpha value is -0.843. The molecule has 1 saturated heterocycles. The SMILES string of the molecule is CC(ON1C(C)(C)CCCC1(C)C)c1ccc(O[Si](C)(C)C(C)(C)C)cc1. The molecular weight excluding hydrogens is 350 g/mol. The largest absolute Gasteiger partial charge is 0.544 e. The van der Waals surface area contributed by atoms with Gasteiger partial charge in [0.25, 0.3) is 0 Å². The second-order valence-corrected chi connectivity index (χ2v) is 15.7. The standard InChI is InChI=1S/C23H41NO2Si/c1-18(25-24-22(5,6)16-11-17-23(24,7)8)19-12-14-20(15-13-19)26-27(9,10)21(2,3)4/h12-15,18H,11,16-17H2,1-10H3. The van der Waals surface area contributed by atoms with Crippen molar-refractivity contribution in [2.45, 2.75) is 110 Å². The van der Waals surface area contributed by atoms with Crippen molar-refractivity contribution in [3.8, 4) is 5.75 Å². The zero-order valence-corrected chi connectivity index (χ0v) is 20.3. The summed E-state index contributed by atoms with van der Waals surface area (Å²) in [5.74, 6) is 0.969. The fraction of sp³-hybridized carbons (Fsp3) is 0.739. The van der Waals surface area contributed by atoms with Gasteiger partial charge in [0.05, 0.1) is 0 Å². The van der Waals surface area contributed by atoms with Crippen molar-refractivity contribution in [2.24, 2.45) is 0 Å². The van der Waals surface area contributed by atoms with Crippen LogP contribution in [0.2, 0.25) is 18.1 Å². The lowest BCUT2D eigenvalue weighted by Gasteiger charge is -2.52. The van der Waals surface area contributed by atoms with Crippen LogP contribution in [0, 0.1) is 0 Å². The molecule has 27 heavy (non-hydrogen) atoms. The van der Waals surface area contributed by atoms with Crippen LogP contribution in [-0.2, 0) is 4.84 Å². The Morgan fingerprint density at radius 2 is 1.44 bits per heavy atom. The Balaban J connectivity index is 2.10. The summed E-state index contributed by atoms with van der Waals surface area (Å²) in [5.41, 5.74) is 1.30. The fourth-order valence-electron chi connectivity index (χ4n) is 3.73. The molecule has 1 aromatic rings. The molecule has 154 valence electrons. The predicted molar refractivity (Wildman–Crippen MR) is 118 cm³/mol. The summed E-state index contributed by atoms with van der Waals surface area (Å²) in [6.07, 6.45) is 3.61. The van der Waals surface area contributed by atoms with Crippen molar-refractivity contribution >= 4 is 8.32 Å². The van der Waals surface area contributed by atoms with E-state index in [2.05, 4.69) is 97.8 Å². The number of piperidine rings is 1. The van der Waals surface area contributed by atoms with E-state index in [1.807, 2.05) is 0 Å². The molecule has 1 unspecified atom stereocenters. The maximum Gasteiger partial charge on any atom is 0.250 e. The lowest BCUT2D eigenvalue weighted by molar-refractivity contribution is -0.304. The van der Waals surface area contributed by atoms with Crippen LogP contribution in [0.1, 0.15) is 86.3 Å². The second-order valence-electron chi connectivity index (χ2n) is 11.0. The third-order valence-electron chi connectivity index (χ3n) is 6.47. The third kappa shape index (κ3) is 5.15. The highest BCUT2D eigenvalue weighted by Crippen LogP contribution is 2.41. The van der Waals surface area contributed by atoms with Crippen LogP contribution in [0.5, 0.6) is 5.75 Å². The molecule has 0 aliphatic carbocycles. The van der Waals surface area contributed by atoms with Crippen molar-refractivity contribution < 1.29 is 9.26 Å². The molecule has 1 atom stereocenters. The minimum atomic E-state index is -1.80. The Kier molecular flexibility index (Phi) is 6.26. The first-order valence-electron chi connectivity index (χ1n) is 10.4. The van der Waals surface area contributed by atoms with E-state index in [1.165, 1.54) is 24.8 Å². The summed E-state index contributed by atoms with van der Waals surface area (Å²) in [5, 5.41) is 2.45. The highest BCUT2D eigenvalue weighted by Gasteiger charge is 2.43. The van der Waals surface area contributed by atoms with Crippen LogP contribution >= 0.6 is 0 Å². The Morgan fingerprint density at radius 3 is 1.89 bits per heavy atom. The van der Waals surface area contributed by atoms with Crippen molar-refractivity contribution in [1.82, 2.24) is 5.06 Å². The molecule has 3 nitrogen and oxygen atoms in total. The summed E-state index contributed by atoms with van der Waals surface area (Å²) in [7, 11) is -1.80. The number of hydrogen-bond donors (Lipinski definition) is 0. The molecule has 1 aliphatic heterocycles. The van der Waals surface area contributed by atoms with E-state index in [4.69, 9.17) is 9.26 Å². The maximum absolute atomic E-state index is 6.50. The van der Waals surface area contributed by atoms with E-state index < -0.39 is 8.32 Å². The van der Waals surface area contributed by atoms with E-state index in [1.54, 1.807) is 0 Å². The zero-order chi connectivity index (χ0) is 20.7. The van der Waals surface area contributed by atoms with Crippen LogP contribution in [0.4, 0.5) is 0 Å². The number of hydrogen-bond acceptors (Lipinski definition) is 3. The summed E-state index contributed by atoms with van der Waals surface area (Å²) in [6.45, 7) is 22.7. The van der Waals surface area contributed by atoms with Gasteiger partial charge in [-0.15, -0.1) is 0 Å². The van der Waals surface area contributed by atoms with Gasteiger partial charge in [0.15, 0.2) is 0 Å². The van der Waals surface area contributed by atoms with Crippen molar-refractivity contribution in [2.75, 3.05) is 0 Å². The number of nitrogens with zero attached hydrogens (tertiary/aromatic N) is 1. The van der Waals surface area contributed by atoms with Gasteiger partial charge in [-0.2, -0.15) is 5.06 Å². The van der Waals surface area contributed by atoms with E-state index in [0.29, 0.717) is 0 Å². The molecule has 0 bridgehead atoms. The van der Waals surface area contributed by atoms with Crippen molar-refractivity contribution in [3.63, 3.8) is 0 Å². The summed E-state index contributed by atoms with van der Waals surface area (Å²) in [6, 6.07) is 8.50. The topological polar surface area (TPSA) is 21.7 Å². The molecule has 0 saturated carbocycles. The monoisotopic (exact) mass is 391 g/mol. The van der Waals surface area contributed by atoms with Crippen LogP contribution in [0.25, 0.3) is 0 Å². The first kappa shape index (κ1) is 22.4. The van der Waals surface area contributed by atoms with Gasteiger partial charge in [-0.05, 0) is 89.7 Å². The quantitative estimate of drug-likeness (QED) is 0.499. The molecule has 0 spiro atoms. The van der Waals surface area contributed by atoms with Gasteiger partial charge in [0.1, 0.15) is 11.9 Å². The second kappa shape index (κ2) is 7.53. The molecule has 1 aromatic carbocycles.